The number of halogens is 3. The van der Waals surface area contributed by atoms with E-state index >= 15 is 0 Å². The number of alkyl halides is 3. The molecule has 0 fully saturated rings. The molecule has 2 aromatic carbocycles. The molecule has 3 rings (SSSR count). The van der Waals surface area contributed by atoms with Crippen LogP contribution in [0.15, 0.2) is 59.0 Å². The van der Waals surface area contributed by atoms with Crippen LogP contribution in [0.1, 0.15) is 35.5 Å². The number of nitrogens with zero attached hydrogens (tertiary/aromatic N) is 1. The van der Waals surface area contributed by atoms with Crippen molar-refractivity contribution in [1.29, 1.82) is 0 Å². The van der Waals surface area contributed by atoms with Gasteiger partial charge in [0.25, 0.3) is 0 Å². The maximum absolute atomic E-state index is 12.9. The van der Waals surface area contributed by atoms with Gasteiger partial charge in [0, 0.05) is 5.56 Å². The highest BCUT2D eigenvalue weighted by Crippen LogP contribution is 2.30. The van der Waals surface area contributed by atoms with Crippen LogP contribution in [0.3, 0.4) is 0 Å². The van der Waals surface area contributed by atoms with Gasteiger partial charge in [-0.25, -0.2) is 4.98 Å². The maximum atomic E-state index is 12.9. The van der Waals surface area contributed by atoms with Crippen LogP contribution in [-0.4, -0.2) is 10.9 Å². The zero-order valence-corrected chi connectivity index (χ0v) is 15.4. The lowest BCUT2D eigenvalue weighted by atomic mass is 10.0. The lowest BCUT2D eigenvalue weighted by Crippen LogP contribution is -2.28. The Morgan fingerprint density at radius 3 is 2.54 bits per heavy atom. The second-order valence-corrected chi connectivity index (χ2v) is 6.48. The van der Waals surface area contributed by atoms with E-state index in [1.807, 2.05) is 30.3 Å². The third kappa shape index (κ3) is 4.60. The summed E-state index contributed by atoms with van der Waals surface area (Å²) >= 11 is 0. The molecule has 0 radical (unpaired) electrons. The molecular formula is C21H19F3N2O2. The van der Waals surface area contributed by atoms with Crippen molar-refractivity contribution in [1.82, 2.24) is 10.3 Å². The van der Waals surface area contributed by atoms with E-state index in [9.17, 15) is 18.0 Å². The first-order valence-electron chi connectivity index (χ1n) is 8.72. The Morgan fingerprint density at radius 1 is 1.14 bits per heavy atom. The summed E-state index contributed by atoms with van der Waals surface area (Å²) in [6.07, 6.45) is -4.45. The minimum Gasteiger partial charge on any atom is -0.441 e. The number of aryl methyl sites for hydroxylation is 1. The summed E-state index contributed by atoms with van der Waals surface area (Å²) < 4.78 is 44.2. The number of amides is 1. The van der Waals surface area contributed by atoms with Crippen LogP contribution in [-0.2, 0) is 17.4 Å². The molecule has 1 amide bonds. The summed E-state index contributed by atoms with van der Waals surface area (Å²) in [5.74, 6) is 0.605. The summed E-state index contributed by atoms with van der Waals surface area (Å²) in [6, 6.07) is 13.6. The third-order valence-electron chi connectivity index (χ3n) is 4.33. The smallest absolute Gasteiger partial charge is 0.416 e. The number of hydrogen-bond donors (Lipinski definition) is 1. The Hall–Kier alpha value is -3.09. The van der Waals surface area contributed by atoms with Crippen molar-refractivity contribution in [2.24, 2.45) is 0 Å². The number of oxazole rings is 1. The molecule has 1 aromatic heterocycles. The molecule has 0 aliphatic heterocycles. The SMILES string of the molecule is Cc1oc(-c2ccccc2)nc1CC(=O)NC(C)c1cccc(C(F)(F)F)c1. The second kappa shape index (κ2) is 7.88. The number of benzene rings is 2. The Bertz CT molecular complexity index is 965. The number of aromatic nitrogens is 1. The molecule has 3 aromatic rings. The molecule has 146 valence electrons. The molecule has 0 spiro atoms. The van der Waals surface area contributed by atoms with Crippen molar-refractivity contribution in [2.75, 3.05) is 0 Å². The highest BCUT2D eigenvalue weighted by atomic mass is 19.4. The van der Waals surface area contributed by atoms with E-state index < -0.39 is 17.8 Å². The van der Waals surface area contributed by atoms with Gasteiger partial charge in [-0.2, -0.15) is 13.2 Å². The molecule has 4 nitrogen and oxygen atoms in total. The number of nitrogens with one attached hydrogen (secondary N) is 1. The Labute approximate surface area is 160 Å². The zero-order valence-electron chi connectivity index (χ0n) is 15.4. The molecule has 0 aliphatic rings. The molecule has 1 N–H and O–H groups in total. The van der Waals surface area contributed by atoms with Crippen LogP contribution in [0.25, 0.3) is 11.5 Å². The maximum Gasteiger partial charge on any atom is 0.416 e. The first-order chi connectivity index (χ1) is 13.2. The molecule has 0 aliphatic carbocycles. The Morgan fingerprint density at radius 2 is 1.86 bits per heavy atom. The van der Waals surface area contributed by atoms with Crippen LogP contribution < -0.4 is 5.32 Å². The molecule has 1 heterocycles. The monoisotopic (exact) mass is 388 g/mol. The van der Waals surface area contributed by atoms with E-state index in [4.69, 9.17) is 4.42 Å². The summed E-state index contributed by atoms with van der Waals surface area (Å²) in [4.78, 5) is 16.7. The highest BCUT2D eigenvalue weighted by Gasteiger charge is 2.30. The van der Waals surface area contributed by atoms with E-state index in [2.05, 4.69) is 10.3 Å². The van der Waals surface area contributed by atoms with Gasteiger partial charge in [0.15, 0.2) is 0 Å². The molecule has 1 atom stereocenters. The molecule has 0 saturated heterocycles. The van der Waals surface area contributed by atoms with Gasteiger partial charge in [0.1, 0.15) is 5.76 Å². The van der Waals surface area contributed by atoms with E-state index in [-0.39, 0.29) is 12.3 Å². The topological polar surface area (TPSA) is 55.1 Å². The van der Waals surface area contributed by atoms with Crippen molar-refractivity contribution in [3.8, 4) is 11.5 Å². The predicted molar refractivity (Wildman–Crippen MR) is 98.4 cm³/mol. The van der Waals surface area contributed by atoms with Gasteiger partial charge in [-0.05, 0) is 43.7 Å². The van der Waals surface area contributed by atoms with Gasteiger partial charge in [0.05, 0.1) is 23.7 Å². The van der Waals surface area contributed by atoms with Crippen LogP contribution >= 0.6 is 0 Å². The number of carbonyl (C=O) groups excluding carboxylic acids is 1. The van der Waals surface area contributed by atoms with Crippen molar-refractivity contribution in [2.45, 2.75) is 32.5 Å². The van der Waals surface area contributed by atoms with Crippen LogP contribution in [0, 0.1) is 6.92 Å². The average molecular weight is 388 g/mol. The van der Waals surface area contributed by atoms with E-state index in [0.29, 0.717) is 22.9 Å². The number of hydrogen-bond acceptors (Lipinski definition) is 3. The summed E-state index contributed by atoms with van der Waals surface area (Å²) in [5.41, 5.74) is 0.929. The van der Waals surface area contributed by atoms with Crippen LogP contribution in [0.5, 0.6) is 0 Å². The van der Waals surface area contributed by atoms with Crippen LogP contribution in [0.2, 0.25) is 0 Å². The molecule has 1 unspecified atom stereocenters. The molecule has 7 heteroatoms. The van der Waals surface area contributed by atoms with Gasteiger partial charge >= 0.3 is 6.18 Å². The van der Waals surface area contributed by atoms with Crippen molar-refractivity contribution < 1.29 is 22.4 Å². The minimum absolute atomic E-state index is 0.0224. The van der Waals surface area contributed by atoms with Gasteiger partial charge in [-0.15, -0.1) is 0 Å². The van der Waals surface area contributed by atoms with Gasteiger partial charge in [0.2, 0.25) is 11.8 Å². The van der Waals surface area contributed by atoms with E-state index in [1.54, 1.807) is 19.9 Å². The first kappa shape index (κ1) is 19.7. The predicted octanol–water partition coefficient (Wildman–Crippen LogP) is 5.09. The first-order valence-corrected chi connectivity index (χ1v) is 8.72. The van der Waals surface area contributed by atoms with E-state index in [0.717, 1.165) is 17.7 Å². The van der Waals surface area contributed by atoms with Crippen LogP contribution in [0.4, 0.5) is 13.2 Å². The Kier molecular flexibility index (Phi) is 5.53. The number of rotatable bonds is 5. The molecule has 28 heavy (non-hydrogen) atoms. The normalized spacial score (nSPS) is 12.6. The van der Waals surface area contributed by atoms with Crippen molar-refractivity contribution in [3.63, 3.8) is 0 Å². The minimum atomic E-state index is -4.43. The average Bonchev–Trinajstić information content (AvgIpc) is 3.02. The lowest BCUT2D eigenvalue weighted by Gasteiger charge is -2.16. The highest BCUT2D eigenvalue weighted by molar-refractivity contribution is 5.79. The Balaban J connectivity index is 1.68. The summed E-state index contributed by atoms with van der Waals surface area (Å²) in [6.45, 7) is 3.36. The quantitative estimate of drug-likeness (QED) is 0.662. The fraction of sp³-hybridized carbons (Fsp3) is 0.238. The standard InChI is InChI=1S/C21H19F3N2O2/c1-13(16-9-6-10-17(11-16)21(22,23)24)25-19(27)12-18-14(2)28-20(26-18)15-7-4-3-5-8-15/h3-11,13H,12H2,1-2H3,(H,25,27). The lowest BCUT2D eigenvalue weighted by molar-refractivity contribution is -0.137. The van der Waals surface area contributed by atoms with E-state index in [1.165, 1.54) is 6.07 Å². The van der Waals surface area contributed by atoms with Gasteiger partial charge < -0.3 is 9.73 Å². The summed E-state index contributed by atoms with van der Waals surface area (Å²) in [7, 11) is 0. The van der Waals surface area contributed by atoms with Gasteiger partial charge in [-0.1, -0.05) is 30.3 Å². The zero-order chi connectivity index (χ0) is 20.3. The van der Waals surface area contributed by atoms with Gasteiger partial charge in [-0.3, -0.25) is 4.79 Å². The third-order valence-corrected chi connectivity index (χ3v) is 4.33. The van der Waals surface area contributed by atoms with Crippen molar-refractivity contribution in [3.05, 3.63) is 77.2 Å². The second-order valence-electron chi connectivity index (χ2n) is 6.48. The summed E-state index contributed by atoms with van der Waals surface area (Å²) in [5, 5.41) is 2.71. The van der Waals surface area contributed by atoms with Crippen molar-refractivity contribution >= 4 is 5.91 Å². The molecular weight excluding hydrogens is 369 g/mol. The fourth-order valence-corrected chi connectivity index (χ4v) is 2.81. The molecule has 0 saturated carbocycles. The largest absolute Gasteiger partial charge is 0.441 e. The number of carbonyl (C=O) groups is 1. The fourth-order valence-electron chi connectivity index (χ4n) is 2.81. The molecule has 0 bridgehead atoms.